The lowest BCUT2D eigenvalue weighted by Crippen LogP contribution is -2.59. The molecule has 12 heteroatoms. The molecular formula is C27H34ClF2N9. The summed E-state index contributed by atoms with van der Waals surface area (Å²) in [7, 11) is 4.09. The predicted molar refractivity (Wildman–Crippen MR) is 147 cm³/mol. The molecule has 1 aromatic carbocycles. The largest absolute Gasteiger partial charge is 0.349 e. The SMILES string of the molecule is C[C@@H]1CN(c2nc3nncn3c3c2ncn3CCN(C)C)[C@@H](C)CN1C(c1ccc(Cl)cc1)C1CC(F)(F)C1. The first-order valence-corrected chi connectivity index (χ1v) is 13.8. The van der Waals surface area contributed by atoms with E-state index < -0.39 is 5.92 Å². The van der Waals surface area contributed by atoms with Crippen LogP contribution < -0.4 is 4.90 Å². The molecule has 1 aliphatic heterocycles. The average molecular weight is 558 g/mol. The van der Waals surface area contributed by atoms with E-state index in [1.807, 2.05) is 49.1 Å². The third-order valence-electron chi connectivity index (χ3n) is 8.22. The minimum absolute atomic E-state index is 0.0737. The van der Waals surface area contributed by atoms with E-state index in [0.717, 1.165) is 35.6 Å². The van der Waals surface area contributed by atoms with Crippen molar-refractivity contribution in [3.05, 3.63) is 47.5 Å². The Morgan fingerprint density at radius 2 is 1.82 bits per heavy atom. The van der Waals surface area contributed by atoms with E-state index in [1.54, 1.807) is 6.33 Å². The fourth-order valence-corrected chi connectivity index (χ4v) is 6.35. The van der Waals surface area contributed by atoms with Crippen LogP contribution in [0.25, 0.3) is 16.9 Å². The minimum atomic E-state index is -2.58. The number of aromatic nitrogens is 6. The Morgan fingerprint density at radius 3 is 2.51 bits per heavy atom. The fraction of sp³-hybridized carbons (Fsp3) is 0.556. The summed E-state index contributed by atoms with van der Waals surface area (Å²) in [6.07, 6.45) is 3.36. The highest BCUT2D eigenvalue weighted by molar-refractivity contribution is 6.30. The summed E-state index contributed by atoms with van der Waals surface area (Å²) >= 11 is 6.16. The molecule has 2 aliphatic rings. The van der Waals surface area contributed by atoms with Gasteiger partial charge in [-0.15, -0.1) is 10.2 Å². The topological polar surface area (TPSA) is 70.6 Å². The zero-order valence-corrected chi connectivity index (χ0v) is 23.4. The van der Waals surface area contributed by atoms with Crippen molar-refractivity contribution in [1.82, 2.24) is 38.9 Å². The number of halogens is 3. The van der Waals surface area contributed by atoms with Gasteiger partial charge in [-0.05, 0) is 51.6 Å². The van der Waals surface area contributed by atoms with Gasteiger partial charge in [0.1, 0.15) is 11.8 Å². The van der Waals surface area contributed by atoms with Crippen LogP contribution in [0.5, 0.6) is 0 Å². The van der Waals surface area contributed by atoms with Crippen LogP contribution in [-0.2, 0) is 6.54 Å². The molecule has 0 N–H and O–H groups in total. The lowest BCUT2D eigenvalue weighted by molar-refractivity contribution is -0.137. The molecule has 9 nitrogen and oxygen atoms in total. The third-order valence-corrected chi connectivity index (χ3v) is 8.47. The van der Waals surface area contributed by atoms with Crippen LogP contribution in [-0.4, -0.2) is 90.7 Å². The lowest BCUT2D eigenvalue weighted by atomic mass is 9.73. The first kappa shape index (κ1) is 26.3. The van der Waals surface area contributed by atoms with Gasteiger partial charge in [-0.2, -0.15) is 4.98 Å². The number of hydrogen-bond acceptors (Lipinski definition) is 7. The van der Waals surface area contributed by atoms with Crippen molar-refractivity contribution in [3.63, 3.8) is 0 Å². The first-order valence-electron chi connectivity index (χ1n) is 13.5. The lowest BCUT2D eigenvalue weighted by Gasteiger charge is -2.52. The molecule has 1 saturated carbocycles. The molecule has 0 spiro atoms. The molecular weight excluding hydrogens is 524 g/mol. The summed E-state index contributed by atoms with van der Waals surface area (Å²) in [6, 6.07) is 7.75. The molecule has 0 amide bonds. The molecule has 1 saturated heterocycles. The zero-order chi connectivity index (χ0) is 27.5. The average Bonchev–Trinajstić information content (AvgIpc) is 3.51. The quantitative estimate of drug-likeness (QED) is 0.334. The maximum Gasteiger partial charge on any atom is 0.258 e. The molecule has 39 heavy (non-hydrogen) atoms. The normalized spacial score (nSPS) is 23.1. The number of anilines is 1. The van der Waals surface area contributed by atoms with Gasteiger partial charge < -0.3 is 14.4 Å². The number of alkyl halides is 2. The van der Waals surface area contributed by atoms with E-state index in [0.29, 0.717) is 23.9 Å². The molecule has 4 heterocycles. The van der Waals surface area contributed by atoms with Crippen LogP contribution in [0.3, 0.4) is 0 Å². The Bertz CT molecular complexity index is 1460. The van der Waals surface area contributed by atoms with E-state index in [9.17, 15) is 8.78 Å². The van der Waals surface area contributed by atoms with Crippen LogP contribution in [0.2, 0.25) is 5.02 Å². The van der Waals surface area contributed by atoms with Gasteiger partial charge in [0.15, 0.2) is 11.5 Å². The summed E-state index contributed by atoms with van der Waals surface area (Å²) in [4.78, 5) is 16.5. The maximum atomic E-state index is 14.0. The third kappa shape index (κ3) is 4.85. The molecule has 1 unspecified atom stereocenters. The number of nitrogens with zero attached hydrogens (tertiary/aromatic N) is 9. The van der Waals surface area contributed by atoms with Crippen LogP contribution in [0, 0.1) is 5.92 Å². The number of imidazole rings is 1. The van der Waals surface area contributed by atoms with E-state index in [2.05, 4.69) is 43.3 Å². The van der Waals surface area contributed by atoms with Gasteiger partial charge in [0.25, 0.3) is 5.78 Å². The number of piperazine rings is 1. The smallest absolute Gasteiger partial charge is 0.258 e. The van der Waals surface area contributed by atoms with Crippen molar-refractivity contribution in [2.75, 3.05) is 38.6 Å². The van der Waals surface area contributed by atoms with E-state index >= 15 is 0 Å². The molecule has 2 fully saturated rings. The van der Waals surface area contributed by atoms with Gasteiger partial charge in [0.05, 0.1) is 6.33 Å². The number of rotatable bonds is 7. The van der Waals surface area contributed by atoms with Crippen LogP contribution in [0.4, 0.5) is 14.6 Å². The number of likely N-dealkylation sites (N-methyl/N-ethyl adjacent to an activating group) is 1. The van der Waals surface area contributed by atoms with Gasteiger partial charge >= 0.3 is 0 Å². The highest BCUT2D eigenvalue weighted by atomic mass is 35.5. The molecule has 0 bridgehead atoms. The Kier molecular flexibility index (Phi) is 6.71. The summed E-state index contributed by atoms with van der Waals surface area (Å²) in [5.74, 6) is -1.37. The molecule has 208 valence electrons. The molecule has 4 aromatic rings. The van der Waals surface area contributed by atoms with Crippen molar-refractivity contribution in [2.45, 2.75) is 57.3 Å². The molecule has 0 radical (unpaired) electrons. The Labute approximate surface area is 231 Å². The van der Waals surface area contributed by atoms with Crippen molar-refractivity contribution < 1.29 is 8.78 Å². The predicted octanol–water partition coefficient (Wildman–Crippen LogP) is 4.37. The van der Waals surface area contributed by atoms with Gasteiger partial charge in [-0.25, -0.2) is 18.2 Å². The van der Waals surface area contributed by atoms with E-state index in [-0.39, 0.29) is 36.9 Å². The molecule has 1 aliphatic carbocycles. The van der Waals surface area contributed by atoms with Gasteiger partial charge in [0.2, 0.25) is 5.92 Å². The Morgan fingerprint density at radius 1 is 1.08 bits per heavy atom. The van der Waals surface area contributed by atoms with E-state index in [1.165, 1.54) is 0 Å². The number of hydrogen-bond donors (Lipinski definition) is 0. The Hall–Kier alpha value is -2.89. The van der Waals surface area contributed by atoms with Crippen LogP contribution in [0.15, 0.2) is 36.9 Å². The molecule has 3 aromatic heterocycles. The van der Waals surface area contributed by atoms with Crippen molar-refractivity contribution in [1.29, 1.82) is 0 Å². The standard InChI is InChI=1S/C27H34ClF2N9/c1-17-14-38(24-22-25(39-16-32-34-26(39)33-24)36(15-31-22)10-9-35(3)4)18(2)13-37(17)23(20-11-27(29,30)12-20)19-5-7-21(28)8-6-19/h5-8,15-18,20,23H,9-14H2,1-4H3/t17-,18+,23?/m1/s1. The maximum absolute atomic E-state index is 14.0. The van der Waals surface area contributed by atoms with E-state index in [4.69, 9.17) is 21.6 Å². The highest BCUT2D eigenvalue weighted by Gasteiger charge is 2.51. The first-order chi connectivity index (χ1) is 18.6. The minimum Gasteiger partial charge on any atom is -0.349 e. The Balaban J connectivity index is 1.33. The van der Waals surface area contributed by atoms with Crippen molar-refractivity contribution >= 4 is 34.4 Å². The summed E-state index contributed by atoms with van der Waals surface area (Å²) in [6.45, 7) is 7.36. The van der Waals surface area contributed by atoms with Crippen LogP contribution in [0.1, 0.15) is 38.3 Å². The van der Waals surface area contributed by atoms with Crippen molar-refractivity contribution in [2.24, 2.45) is 5.92 Å². The fourth-order valence-electron chi connectivity index (χ4n) is 6.22. The molecule has 3 atom stereocenters. The van der Waals surface area contributed by atoms with Crippen LogP contribution >= 0.6 is 11.6 Å². The summed E-state index contributed by atoms with van der Waals surface area (Å²) < 4.78 is 32.1. The second kappa shape index (κ2) is 9.94. The van der Waals surface area contributed by atoms with Gasteiger partial charge in [0, 0.05) is 62.2 Å². The second-order valence-electron chi connectivity index (χ2n) is 11.4. The number of benzene rings is 1. The highest BCUT2D eigenvalue weighted by Crippen LogP contribution is 2.51. The second-order valence-corrected chi connectivity index (χ2v) is 11.9. The summed E-state index contributed by atoms with van der Waals surface area (Å²) in [5, 5.41) is 9.02. The number of fused-ring (bicyclic) bond motifs is 3. The monoisotopic (exact) mass is 557 g/mol. The zero-order valence-electron chi connectivity index (χ0n) is 22.7. The molecule has 6 rings (SSSR count). The van der Waals surface area contributed by atoms with Crippen molar-refractivity contribution in [3.8, 4) is 0 Å². The summed E-state index contributed by atoms with van der Waals surface area (Å²) in [5.41, 5.74) is 2.76. The van der Waals surface area contributed by atoms with Gasteiger partial charge in [-0.1, -0.05) is 23.7 Å². The van der Waals surface area contributed by atoms with Gasteiger partial charge in [-0.3, -0.25) is 4.90 Å².